The van der Waals surface area contributed by atoms with Crippen LogP contribution in [0, 0.1) is 0 Å². The van der Waals surface area contributed by atoms with Crippen LogP contribution in [0.1, 0.15) is 5.56 Å². The zero-order valence-corrected chi connectivity index (χ0v) is 15.1. The van der Waals surface area contributed by atoms with Gasteiger partial charge in [-0.05, 0) is 48.4 Å². The quantitative estimate of drug-likeness (QED) is 0.503. The first-order valence-electron chi connectivity index (χ1n) is 7.82. The van der Waals surface area contributed by atoms with Crippen molar-refractivity contribution in [1.82, 2.24) is 0 Å². The highest BCUT2D eigenvalue weighted by molar-refractivity contribution is 6.18. The summed E-state index contributed by atoms with van der Waals surface area (Å²) in [5, 5.41) is 27.2. The molecule has 2 rings (SSSR count). The molecule has 2 aromatic rings. The fraction of sp³-hybridized carbons (Fsp3) is 0.333. The van der Waals surface area contributed by atoms with E-state index in [0.29, 0.717) is 17.9 Å². The number of alkyl halides is 2. The lowest BCUT2D eigenvalue weighted by Crippen LogP contribution is -2.18. The van der Waals surface area contributed by atoms with Crippen LogP contribution < -0.4 is 4.74 Å². The van der Waals surface area contributed by atoms with Gasteiger partial charge in [-0.2, -0.15) is 10.2 Å². The normalized spacial score (nSPS) is 13.8. The van der Waals surface area contributed by atoms with Crippen molar-refractivity contribution in [1.29, 1.82) is 0 Å². The molecule has 7 heteroatoms. The zero-order valence-electron chi connectivity index (χ0n) is 13.6. The van der Waals surface area contributed by atoms with Gasteiger partial charge in [0, 0.05) is 5.88 Å². The summed E-state index contributed by atoms with van der Waals surface area (Å²) < 4.78 is 5.39. The first-order chi connectivity index (χ1) is 12.1. The average molecular weight is 383 g/mol. The van der Waals surface area contributed by atoms with E-state index in [-0.39, 0.29) is 18.4 Å². The average Bonchev–Trinajstić information content (AvgIpc) is 2.66. The van der Waals surface area contributed by atoms with Gasteiger partial charge in [0.1, 0.15) is 18.5 Å². The molecule has 0 fully saturated rings. The number of hydrogen-bond donors (Lipinski definition) is 2. The summed E-state index contributed by atoms with van der Waals surface area (Å²) >= 11 is 11.1. The number of azo groups is 1. The summed E-state index contributed by atoms with van der Waals surface area (Å²) in [5.74, 6) is 0.979. The minimum absolute atomic E-state index is 0.135. The van der Waals surface area contributed by atoms with Crippen LogP contribution in [0.4, 0.5) is 11.4 Å². The van der Waals surface area contributed by atoms with Gasteiger partial charge in [0.15, 0.2) is 0 Å². The van der Waals surface area contributed by atoms with Crippen LogP contribution in [0.5, 0.6) is 5.75 Å². The Morgan fingerprint density at radius 2 is 1.32 bits per heavy atom. The minimum Gasteiger partial charge on any atom is -0.491 e. The van der Waals surface area contributed by atoms with Crippen LogP contribution in [0.2, 0.25) is 0 Å². The van der Waals surface area contributed by atoms with Crippen molar-refractivity contribution < 1.29 is 14.9 Å². The third-order valence-corrected chi connectivity index (χ3v) is 4.04. The molecule has 5 nitrogen and oxygen atoms in total. The number of ether oxygens (including phenoxy) is 1. The van der Waals surface area contributed by atoms with Gasteiger partial charge >= 0.3 is 0 Å². The number of hydrogen-bond acceptors (Lipinski definition) is 5. The Bertz CT molecular complexity index is 663. The maximum atomic E-state index is 9.53. The molecule has 2 N–H and O–H groups in total. The standard InChI is InChI=1S/C18H20Cl2N2O3/c19-10-16(23)9-13-1-3-14(4-2-13)21-22-15-5-7-18(8-6-15)25-12-17(24)11-20/h1-8,16-17,23-24H,9-12H2/b22-21+. The second-order valence-electron chi connectivity index (χ2n) is 5.49. The first-order valence-corrected chi connectivity index (χ1v) is 8.89. The minimum atomic E-state index is -0.686. The number of aliphatic hydroxyl groups excluding tert-OH is 2. The molecule has 2 aromatic carbocycles. The predicted molar refractivity (Wildman–Crippen MR) is 99.7 cm³/mol. The molecule has 25 heavy (non-hydrogen) atoms. The van der Waals surface area contributed by atoms with E-state index in [4.69, 9.17) is 27.9 Å². The Morgan fingerprint density at radius 3 is 1.84 bits per heavy atom. The van der Waals surface area contributed by atoms with Gasteiger partial charge in [-0.1, -0.05) is 12.1 Å². The van der Waals surface area contributed by atoms with E-state index in [1.54, 1.807) is 24.3 Å². The van der Waals surface area contributed by atoms with E-state index in [2.05, 4.69) is 10.2 Å². The molecule has 0 amide bonds. The number of aliphatic hydroxyl groups is 2. The number of nitrogens with zero attached hydrogens (tertiary/aromatic N) is 2. The van der Waals surface area contributed by atoms with E-state index >= 15 is 0 Å². The van der Waals surface area contributed by atoms with Gasteiger partial charge < -0.3 is 14.9 Å². The highest BCUT2D eigenvalue weighted by atomic mass is 35.5. The lowest BCUT2D eigenvalue weighted by molar-refractivity contribution is 0.125. The van der Waals surface area contributed by atoms with Crippen LogP contribution in [-0.4, -0.2) is 40.8 Å². The molecule has 0 aromatic heterocycles. The third-order valence-electron chi connectivity index (χ3n) is 3.32. The van der Waals surface area contributed by atoms with E-state index in [1.165, 1.54) is 0 Å². The lowest BCUT2D eigenvalue weighted by atomic mass is 10.1. The fourth-order valence-corrected chi connectivity index (χ4v) is 2.18. The van der Waals surface area contributed by atoms with Gasteiger partial charge in [0.05, 0.1) is 23.4 Å². The molecule has 0 spiro atoms. The highest BCUT2D eigenvalue weighted by Gasteiger charge is 2.04. The number of rotatable bonds is 9. The molecular weight excluding hydrogens is 363 g/mol. The van der Waals surface area contributed by atoms with Gasteiger partial charge in [-0.25, -0.2) is 0 Å². The molecule has 0 heterocycles. The Labute approximate surface area is 156 Å². The molecule has 2 atom stereocenters. The number of benzene rings is 2. The fourth-order valence-electron chi connectivity index (χ4n) is 1.99. The van der Waals surface area contributed by atoms with Crippen LogP contribution in [0.15, 0.2) is 58.8 Å². The van der Waals surface area contributed by atoms with Crippen LogP contribution in [-0.2, 0) is 6.42 Å². The van der Waals surface area contributed by atoms with Crippen molar-refractivity contribution in [2.45, 2.75) is 18.6 Å². The second kappa shape index (κ2) is 10.4. The van der Waals surface area contributed by atoms with Gasteiger partial charge in [0.25, 0.3) is 0 Å². The summed E-state index contributed by atoms with van der Waals surface area (Å²) in [6.07, 6.45) is -0.712. The molecule has 0 aliphatic carbocycles. The van der Waals surface area contributed by atoms with E-state index < -0.39 is 12.2 Å². The molecule has 2 unspecified atom stereocenters. The maximum absolute atomic E-state index is 9.53. The Balaban J connectivity index is 1.90. The van der Waals surface area contributed by atoms with E-state index in [9.17, 15) is 10.2 Å². The van der Waals surface area contributed by atoms with Gasteiger partial charge in [-0.15, -0.1) is 23.2 Å². The monoisotopic (exact) mass is 382 g/mol. The van der Waals surface area contributed by atoms with Crippen molar-refractivity contribution >= 4 is 34.6 Å². The summed E-state index contributed by atoms with van der Waals surface area (Å²) in [6.45, 7) is 0.148. The summed E-state index contributed by atoms with van der Waals surface area (Å²) in [4.78, 5) is 0. The predicted octanol–water partition coefficient (Wildman–Crippen LogP) is 4.22. The van der Waals surface area contributed by atoms with Crippen molar-refractivity contribution in [2.24, 2.45) is 10.2 Å². The Hall–Kier alpha value is -1.66. The van der Waals surface area contributed by atoms with Crippen molar-refractivity contribution in [2.75, 3.05) is 18.4 Å². The molecular formula is C18H20Cl2N2O3. The largest absolute Gasteiger partial charge is 0.491 e. The summed E-state index contributed by atoms with van der Waals surface area (Å²) in [5.41, 5.74) is 2.40. The Kier molecular flexibility index (Phi) is 8.15. The molecule has 0 aliphatic heterocycles. The van der Waals surface area contributed by atoms with Gasteiger partial charge in [0.2, 0.25) is 0 Å². The zero-order chi connectivity index (χ0) is 18.1. The molecule has 0 saturated carbocycles. The highest BCUT2D eigenvalue weighted by Crippen LogP contribution is 2.22. The van der Waals surface area contributed by atoms with Crippen molar-refractivity contribution in [3.05, 3.63) is 54.1 Å². The maximum Gasteiger partial charge on any atom is 0.119 e. The summed E-state index contributed by atoms with van der Waals surface area (Å²) in [6, 6.07) is 14.5. The molecule has 0 bridgehead atoms. The Morgan fingerprint density at radius 1 is 0.800 bits per heavy atom. The third kappa shape index (κ3) is 7.00. The summed E-state index contributed by atoms with van der Waals surface area (Å²) in [7, 11) is 0. The lowest BCUT2D eigenvalue weighted by Gasteiger charge is -2.09. The van der Waals surface area contributed by atoms with Crippen LogP contribution in [0.25, 0.3) is 0 Å². The molecule has 0 saturated heterocycles. The molecule has 134 valence electrons. The first kappa shape index (κ1) is 19.7. The molecule has 0 radical (unpaired) electrons. The molecule has 0 aliphatic rings. The van der Waals surface area contributed by atoms with Crippen molar-refractivity contribution in [3.8, 4) is 5.75 Å². The topological polar surface area (TPSA) is 74.4 Å². The number of halogens is 2. The van der Waals surface area contributed by atoms with Crippen LogP contribution in [0.3, 0.4) is 0 Å². The smallest absolute Gasteiger partial charge is 0.119 e. The van der Waals surface area contributed by atoms with Gasteiger partial charge in [-0.3, -0.25) is 0 Å². The van der Waals surface area contributed by atoms with E-state index in [0.717, 1.165) is 11.3 Å². The second-order valence-corrected chi connectivity index (χ2v) is 6.11. The van der Waals surface area contributed by atoms with Crippen molar-refractivity contribution in [3.63, 3.8) is 0 Å². The van der Waals surface area contributed by atoms with Crippen LogP contribution >= 0.6 is 23.2 Å². The van der Waals surface area contributed by atoms with E-state index in [1.807, 2.05) is 24.3 Å². The SMILES string of the molecule is OC(CCl)COc1ccc(/N=N/c2ccc(CC(O)CCl)cc2)cc1.